The molecule has 0 saturated carbocycles. The van der Waals surface area contributed by atoms with Crippen molar-refractivity contribution in [3.05, 3.63) is 36.5 Å². The third-order valence-electron chi connectivity index (χ3n) is 0.898. The summed E-state index contributed by atoms with van der Waals surface area (Å²) < 4.78 is 0. The maximum Gasteiger partial charge on any atom is 0 e. The smallest absolute Gasteiger partial charge is 0 e. The van der Waals surface area contributed by atoms with E-state index in [1.165, 1.54) is 0 Å². The third-order valence-corrected chi connectivity index (χ3v) is 0.898. The van der Waals surface area contributed by atoms with Crippen molar-refractivity contribution < 1.29 is 75.5 Å². The Morgan fingerprint density at radius 1 is 0.917 bits per heavy atom. The van der Waals surface area contributed by atoms with Gasteiger partial charge < -0.3 is 0 Å². The molecule has 0 aromatic heterocycles. The first-order valence-corrected chi connectivity index (χ1v) is 3.36. The molecule has 0 atom stereocenters. The first-order chi connectivity index (χ1) is 4.41. The van der Waals surface area contributed by atoms with Gasteiger partial charge in [-0.1, -0.05) is 50.8 Å². The van der Waals surface area contributed by atoms with Crippen molar-refractivity contribution in [2.24, 2.45) is 0 Å². The molecule has 0 rings (SSSR count). The van der Waals surface area contributed by atoms with Crippen LogP contribution >= 0.6 is 0 Å². The molecule has 0 saturated heterocycles. The Morgan fingerprint density at radius 2 is 1.42 bits per heavy atom. The summed E-state index contributed by atoms with van der Waals surface area (Å²) in [6, 6.07) is 0. The summed E-state index contributed by atoms with van der Waals surface area (Å²) in [7, 11) is 0. The molecule has 0 N–H and O–H groups in total. The zero-order valence-electron chi connectivity index (χ0n) is 6.88. The van der Waals surface area contributed by atoms with Crippen molar-refractivity contribution in [2.45, 2.75) is 27.7 Å². The topological polar surface area (TPSA) is 0 Å². The molecule has 2 heteroatoms. The van der Waals surface area contributed by atoms with E-state index in [1.54, 1.807) is 0 Å². The number of hydrogen-bond donors (Lipinski definition) is 0. The van der Waals surface area contributed by atoms with Crippen molar-refractivity contribution >= 4 is 0 Å². The normalized spacial score (nSPS) is 9.50. The second kappa shape index (κ2) is 23.0. The molecule has 0 nitrogen and oxygen atoms in total. The van der Waals surface area contributed by atoms with E-state index < -0.39 is 0 Å². The Labute approximate surface area is 137 Å². The van der Waals surface area contributed by atoms with Crippen LogP contribution in [0.4, 0.5) is 0 Å². The molecule has 0 aliphatic carbocycles. The van der Waals surface area contributed by atoms with Crippen LogP contribution in [0.3, 0.4) is 0 Å². The van der Waals surface area contributed by atoms with Gasteiger partial charge in [-0.2, -0.15) is 0 Å². The third kappa shape index (κ3) is 22.6. The van der Waals surface area contributed by atoms with Gasteiger partial charge in [-0.3, -0.25) is 0 Å². The second-order valence-corrected chi connectivity index (χ2v) is 1.75. The molecule has 0 aliphatic heterocycles. The quantitative estimate of drug-likeness (QED) is 0.633. The van der Waals surface area contributed by atoms with Crippen LogP contribution in [0.2, 0.25) is 0 Å². The minimum absolute atomic E-state index is 0. The molecule has 0 aromatic rings. The van der Waals surface area contributed by atoms with Crippen LogP contribution in [0, 0.1) is 75.5 Å². The maximum absolute atomic E-state index is 2.12. The van der Waals surface area contributed by atoms with Crippen molar-refractivity contribution in [3.8, 4) is 0 Å². The van der Waals surface area contributed by atoms with Gasteiger partial charge in [-0.15, -0.1) is 0 Å². The van der Waals surface area contributed by atoms with Crippen molar-refractivity contribution in [2.75, 3.05) is 0 Å². The Hall–Kier alpha value is 1.74. The molecule has 12 heavy (non-hydrogen) atoms. The largest absolute Gasteiger partial charge is 0.0877 e. The Bertz CT molecular complexity index is 124. The summed E-state index contributed by atoms with van der Waals surface area (Å²) in [4.78, 5) is 0. The van der Waals surface area contributed by atoms with E-state index >= 15 is 0 Å². The summed E-state index contributed by atoms with van der Waals surface area (Å²) in [5.41, 5.74) is 0. The van der Waals surface area contributed by atoms with Gasteiger partial charge in [0, 0.05) is 75.5 Å². The molecular weight excluding hydrogens is 200 g/mol. The van der Waals surface area contributed by atoms with Gasteiger partial charge in [0.05, 0.1) is 0 Å². The molecule has 0 amide bonds. The minimum Gasteiger partial charge on any atom is -0.0877 e. The van der Waals surface area contributed by atoms with Crippen LogP contribution in [-0.2, 0) is 0 Å². The SMILES string of the molecule is C.C\C=C/C=C/C=C\CC.[Ar].[Ar]. The van der Waals surface area contributed by atoms with Gasteiger partial charge >= 0.3 is 0 Å². The number of hydrogen-bond acceptors (Lipinski definition) is 0. The van der Waals surface area contributed by atoms with Gasteiger partial charge in [0.15, 0.2) is 0 Å². The van der Waals surface area contributed by atoms with Crippen LogP contribution in [-0.4, -0.2) is 0 Å². The molecule has 0 heterocycles. The predicted molar refractivity (Wildman–Crippen MR) is 50.1 cm³/mol. The van der Waals surface area contributed by atoms with Gasteiger partial charge in [-0.25, -0.2) is 0 Å². The van der Waals surface area contributed by atoms with E-state index in [2.05, 4.69) is 19.1 Å². The minimum atomic E-state index is 0. The Kier molecular flexibility index (Phi) is 45.0. The molecule has 0 bridgehead atoms. The average molecular weight is 218 g/mol. The fourth-order valence-electron chi connectivity index (χ4n) is 0.454. The first kappa shape index (κ1) is 23.5. The standard InChI is InChI=1S/C9H14.CH4.2Ar/c1-3-5-7-9-8-6-4-2;;;/h3,5-9H,4H2,1-2H3;1H4;;/b5-3-,8-6-,9-7+;;;. The molecule has 0 radical (unpaired) electrons. The fourth-order valence-corrected chi connectivity index (χ4v) is 0.454. The van der Waals surface area contributed by atoms with Crippen LogP contribution in [0.1, 0.15) is 27.7 Å². The Morgan fingerprint density at radius 3 is 1.83 bits per heavy atom. The summed E-state index contributed by atoms with van der Waals surface area (Å²) in [6.45, 7) is 4.13. The first-order valence-electron chi connectivity index (χ1n) is 3.36. The van der Waals surface area contributed by atoms with Crippen molar-refractivity contribution in [1.82, 2.24) is 0 Å². The van der Waals surface area contributed by atoms with Crippen LogP contribution in [0.25, 0.3) is 0 Å². The molecule has 0 fully saturated rings. The summed E-state index contributed by atoms with van der Waals surface area (Å²) in [6.07, 6.45) is 13.4. The van der Waals surface area contributed by atoms with Crippen LogP contribution in [0.5, 0.6) is 0 Å². The summed E-state index contributed by atoms with van der Waals surface area (Å²) in [5.74, 6) is 0. The van der Waals surface area contributed by atoms with Crippen LogP contribution < -0.4 is 0 Å². The van der Waals surface area contributed by atoms with Crippen LogP contribution in [0.15, 0.2) is 36.5 Å². The molecule has 0 aliphatic rings. The van der Waals surface area contributed by atoms with E-state index in [1.807, 2.05) is 31.2 Å². The van der Waals surface area contributed by atoms with Gasteiger partial charge in [0.25, 0.3) is 0 Å². The summed E-state index contributed by atoms with van der Waals surface area (Å²) in [5, 5.41) is 0. The fraction of sp³-hybridized carbons (Fsp3) is 0.400. The van der Waals surface area contributed by atoms with Crippen molar-refractivity contribution in [1.29, 1.82) is 0 Å². The average Bonchev–Trinajstić information content (AvgIpc) is 1.89. The molecule has 74 valence electrons. The Balaban J connectivity index is -0.000000107. The van der Waals surface area contributed by atoms with E-state index in [0.717, 1.165) is 6.42 Å². The van der Waals surface area contributed by atoms with Gasteiger partial charge in [0.1, 0.15) is 0 Å². The monoisotopic (exact) mass is 218 g/mol. The maximum atomic E-state index is 2.12. The van der Waals surface area contributed by atoms with E-state index in [9.17, 15) is 0 Å². The molecule has 0 spiro atoms. The number of rotatable bonds is 3. The summed E-state index contributed by atoms with van der Waals surface area (Å²) >= 11 is 0. The second-order valence-electron chi connectivity index (χ2n) is 1.75. The number of allylic oxidation sites excluding steroid dienone is 6. The van der Waals surface area contributed by atoms with E-state index in [0.29, 0.717) is 0 Å². The van der Waals surface area contributed by atoms with Crippen molar-refractivity contribution in [3.63, 3.8) is 0 Å². The molecular formula is C10H18Ar2. The molecule has 0 aromatic carbocycles. The zero-order valence-corrected chi connectivity index (χ0v) is 8.29. The zero-order chi connectivity index (χ0) is 6.95. The van der Waals surface area contributed by atoms with E-state index in [-0.39, 0.29) is 82.9 Å². The van der Waals surface area contributed by atoms with E-state index in [4.69, 9.17) is 0 Å². The van der Waals surface area contributed by atoms with Gasteiger partial charge in [-0.05, 0) is 13.3 Å². The predicted octanol–water partition coefficient (Wildman–Crippen LogP) is 3.72. The molecule has 0 unspecified atom stereocenters. The van der Waals surface area contributed by atoms with Gasteiger partial charge in [0.2, 0.25) is 0 Å².